The van der Waals surface area contributed by atoms with E-state index in [2.05, 4.69) is 0 Å². The molecule has 0 saturated heterocycles. The fourth-order valence-corrected chi connectivity index (χ4v) is 5.70. The summed E-state index contributed by atoms with van der Waals surface area (Å²) in [4.78, 5) is 11.7. The number of carbonyl (C=O) groups is 1. The summed E-state index contributed by atoms with van der Waals surface area (Å²) in [5, 5.41) is 9.55. The number of anilines is 1. The van der Waals surface area contributed by atoms with Crippen molar-refractivity contribution in [3.63, 3.8) is 0 Å². The van der Waals surface area contributed by atoms with E-state index in [1.165, 1.54) is 0 Å². The number of nitrogens with zero attached hydrogens (tertiary/aromatic N) is 1. The quantitative estimate of drug-likeness (QED) is 0.246. The topological polar surface area (TPSA) is 128 Å². The van der Waals surface area contributed by atoms with E-state index in [0.29, 0.717) is 22.6 Å². The molecule has 4 atom stereocenters. The molecule has 10 heteroatoms. The molecule has 4 rings (SSSR count). The Morgan fingerprint density at radius 1 is 0.889 bits per heavy atom. The van der Waals surface area contributed by atoms with Gasteiger partial charge in [0.25, 0.3) is 11.3 Å². The summed E-state index contributed by atoms with van der Waals surface area (Å²) < 4.78 is 50.7. The van der Waals surface area contributed by atoms with Gasteiger partial charge in [0.1, 0.15) is 22.6 Å². The van der Waals surface area contributed by atoms with Gasteiger partial charge in [-0.2, -0.15) is 0 Å². The minimum atomic E-state index is -2.52. The molecule has 4 unspecified atom stereocenters. The predicted octanol–water partition coefficient (Wildman–Crippen LogP) is 5.46. The van der Waals surface area contributed by atoms with Crippen LogP contribution < -0.4 is 4.31 Å². The van der Waals surface area contributed by atoms with Gasteiger partial charge in [0.05, 0.1) is 5.69 Å². The Bertz CT molecular complexity index is 1380. The van der Waals surface area contributed by atoms with Crippen LogP contribution in [0.5, 0.6) is 0 Å². The first-order chi connectivity index (χ1) is 17.2. The van der Waals surface area contributed by atoms with Crippen LogP contribution in [-0.2, 0) is 27.1 Å². The van der Waals surface area contributed by atoms with Gasteiger partial charge in [-0.25, -0.2) is 13.2 Å². The summed E-state index contributed by atoms with van der Waals surface area (Å²) in [5.41, 5.74) is 3.15. The molecule has 0 fully saturated rings. The maximum Gasteiger partial charge on any atom is 0.327 e. The van der Waals surface area contributed by atoms with Crippen molar-refractivity contribution in [1.29, 1.82) is 0 Å². The molecule has 0 aliphatic heterocycles. The highest BCUT2D eigenvalue weighted by Crippen LogP contribution is 2.34. The molecule has 0 spiro atoms. The second-order valence-corrected chi connectivity index (χ2v) is 10.5. The molecule has 0 saturated carbocycles. The van der Waals surface area contributed by atoms with Crippen LogP contribution in [-0.4, -0.2) is 34.6 Å². The number of benzene rings is 3. The van der Waals surface area contributed by atoms with Crippen molar-refractivity contribution in [2.24, 2.45) is 5.92 Å². The second-order valence-electron chi connectivity index (χ2n) is 8.60. The summed E-state index contributed by atoms with van der Waals surface area (Å²) in [6.07, 6.45) is 0. The largest absolute Gasteiger partial charge is 0.480 e. The van der Waals surface area contributed by atoms with E-state index < -0.39 is 45.5 Å². The van der Waals surface area contributed by atoms with E-state index >= 15 is 0 Å². The number of hydrogen-bond donors (Lipinski definition) is 3. The molecule has 36 heavy (non-hydrogen) atoms. The van der Waals surface area contributed by atoms with E-state index in [1.54, 1.807) is 62.4 Å². The molecule has 3 aromatic carbocycles. The van der Waals surface area contributed by atoms with Gasteiger partial charge in [-0.15, -0.1) is 0 Å². The van der Waals surface area contributed by atoms with Gasteiger partial charge < -0.3 is 14.1 Å². The minimum absolute atomic E-state index is 0.304. The Balaban J connectivity index is 1.61. The third-order valence-electron chi connectivity index (χ3n) is 5.88. The molecule has 1 aromatic heterocycles. The summed E-state index contributed by atoms with van der Waals surface area (Å²) >= 11 is -4.73. The van der Waals surface area contributed by atoms with Crippen molar-refractivity contribution < 1.29 is 31.8 Å². The zero-order valence-electron chi connectivity index (χ0n) is 19.5. The number of para-hydroxylation sites is 1. The summed E-state index contributed by atoms with van der Waals surface area (Å²) in [7, 11) is 0. The van der Waals surface area contributed by atoms with Gasteiger partial charge in [-0.1, -0.05) is 68.4 Å². The molecule has 0 radical (unpaired) electrons. The lowest BCUT2D eigenvalue weighted by Crippen LogP contribution is -2.45. The molecule has 188 valence electrons. The van der Waals surface area contributed by atoms with Crippen LogP contribution in [0.1, 0.15) is 30.4 Å². The predicted molar refractivity (Wildman–Crippen MR) is 140 cm³/mol. The van der Waals surface area contributed by atoms with Crippen LogP contribution in [0.2, 0.25) is 0 Å². The monoisotopic (exact) mass is 527 g/mol. The molecule has 0 amide bonds. The van der Waals surface area contributed by atoms with Crippen molar-refractivity contribution in [2.45, 2.75) is 25.1 Å². The molecule has 4 aromatic rings. The number of aliphatic carboxylic acids is 1. The standard InChI is InChI=1S/C26H25NO7S2/c1-16(2)24(26(28)29)27(36(32)33)21-13-11-18(12-14-21)17-7-9-19(10-8-17)25(35(30)31)23-15-20-5-3-4-6-22(20)34-23/h3-16,24-25H,1-2H3,(H,28,29)(H,30,31)(H,32,33). The van der Waals surface area contributed by atoms with E-state index in [0.717, 1.165) is 20.8 Å². The van der Waals surface area contributed by atoms with Crippen molar-refractivity contribution in [2.75, 3.05) is 4.31 Å². The van der Waals surface area contributed by atoms with Gasteiger partial charge in [0.15, 0.2) is 11.1 Å². The van der Waals surface area contributed by atoms with E-state index in [4.69, 9.17) is 4.42 Å². The molecular weight excluding hydrogens is 502 g/mol. The lowest BCUT2D eigenvalue weighted by Gasteiger charge is -2.29. The maximum atomic E-state index is 12.2. The van der Waals surface area contributed by atoms with Gasteiger partial charge in [0.2, 0.25) is 0 Å². The lowest BCUT2D eigenvalue weighted by molar-refractivity contribution is -0.139. The van der Waals surface area contributed by atoms with Crippen molar-refractivity contribution in [1.82, 2.24) is 0 Å². The van der Waals surface area contributed by atoms with E-state index in [-0.39, 0.29) is 0 Å². The van der Waals surface area contributed by atoms with Crippen LogP contribution in [0.3, 0.4) is 0 Å². The molecule has 8 nitrogen and oxygen atoms in total. The molecule has 0 aliphatic carbocycles. The van der Waals surface area contributed by atoms with Crippen LogP contribution >= 0.6 is 0 Å². The van der Waals surface area contributed by atoms with Crippen LogP contribution in [0, 0.1) is 5.92 Å². The number of fused-ring (bicyclic) bond motifs is 1. The molecule has 0 aliphatic rings. The Morgan fingerprint density at radius 3 is 1.97 bits per heavy atom. The lowest BCUT2D eigenvalue weighted by atomic mass is 10.0. The SMILES string of the molecule is CC(C)C(C(=O)O)N(c1ccc(-c2ccc(C(c3cc4ccccc4o3)S(=O)O)cc2)cc1)S(=O)O. The first-order valence-electron chi connectivity index (χ1n) is 11.1. The van der Waals surface area contributed by atoms with Crippen LogP contribution in [0.4, 0.5) is 5.69 Å². The highest BCUT2D eigenvalue weighted by molar-refractivity contribution is 7.80. The average Bonchev–Trinajstić information content (AvgIpc) is 3.25. The molecular formula is C26H25NO7S2. The van der Waals surface area contributed by atoms with E-state index in [1.807, 2.05) is 30.3 Å². The molecule has 1 heterocycles. The zero-order valence-corrected chi connectivity index (χ0v) is 21.1. The number of furan rings is 1. The minimum Gasteiger partial charge on any atom is -0.480 e. The van der Waals surface area contributed by atoms with Crippen molar-refractivity contribution in [3.8, 4) is 11.1 Å². The zero-order chi connectivity index (χ0) is 26.0. The highest BCUT2D eigenvalue weighted by Gasteiger charge is 2.32. The normalized spacial score (nSPS) is 14.9. The fraction of sp³-hybridized carbons (Fsp3) is 0.192. The maximum absolute atomic E-state index is 12.2. The van der Waals surface area contributed by atoms with Crippen LogP contribution in [0.25, 0.3) is 22.1 Å². The summed E-state index contributed by atoms with van der Waals surface area (Å²) in [5.74, 6) is -1.20. The molecule has 3 N–H and O–H groups in total. The third kappa shape index (κ3) is 5.26. The Hall–Kier alpha value is -3.31. The first kappa shape index (κ1) is 25.8. The number of rotatable bonds is 9. The molecule has 0 bridgehead atoms. The van der Waals surface area contributed by atoms with Crippen molar-refractivity contribution in [3.05, 3.63) is 90.2 Å². The van der Waals surface area contributed by atoms with Gasteiger partial charge >= 0.3 is 5.97 Å². The highest BCUT2D eigenvalue weighted by atomic mass is 32.2. The average molecular weight is 528 g/mol. The van der Waals surface area contributed by atoms with E-state index in [9.17, 15) is 27.4 Å². The van der Waals surface area contributed by atoms with Crippen molar-refractivity contribution >= 4 is 45.0 Å². The van der Waals surface area contributed by atoms with Gasteiger partial charge in [0, 0.05) is 5.39 Å². The van der Waals surface area contributed by atoms with Gasteiger partial charge in [-0.05, 0) is 46.9 Å². The summed E-state index contributed by atoms with van der Waals surface area (Å²) in [6, 6.07) is 21.7. The smallest absolute Gasteiger partial charge is 0.327 e. The Labute approximate surface area is 213 Å². The van der Waals surface area contributed by atoms with Gasteiger partial charge in [-0.3, -0.25) is 8.86 Å². The van der Waals surface area contributed by atoms with Crippen LogP contribution in [0.15, 0.2) is 83.3 Å². The number of hydrogen-bond acceptors (Lipinski definition) is 4. The second kappa shape index (κ2) is 10.8. The number of carboxylic acid groups (broad SMARTS) is 1. The first-order valence-corrected chi connectivity index (χ1v) is 13.3. The third-order valence-corrected chi connectivity index (χ3v) is 7.56. The number of carboxylic acids is 1. The Morgan fingerprint density at radius 2 is 1.47 bits per heavy atom. The fourth-order valence-electron chi connectivity index (χ4n) is 4.17. The Kier molecular flexibility index (Phi) is 7.70. The summed E-state index contributed by atoms with van der Waals surface area (Å²) in [6.45, 7) is 3.35.